The summed E-state index contributed by atoms with van der Waals surface area (Å²) < 4.78 is 7.64. The number of fused-ring (bicyclic) bond motifs is 1. The number of hydrazone groups is 1. The number of methoxy groups -OCH3 is 1. The number of ether oxygens (including phenoxy) is 1. The van der Waals surface area contributed by atoms with Crippen LogP contribution in [-0.2, 0) is 4.79 Å². The fraction of sp³-hybridized carbons (Fsp3) is 0.238. The van der Waals surface area contributed by atoms with E-state index in [0.29, 0.717) is 5.17 Å². The van der Waals surface area contributed by atoms with Crippen LogP contribution >= 0.6 is 11.8 Å². The molecule has 0 fully saturated rings. The van der Waals surface area contributed by atoms with Crippen LogP contribution in [0.2, 0.25) is 0 Å². The monoisotopic (exact) mass is 407 g/mol. The molecule has 29 heavy (non-hydrogen) atoms. The Kier molecular flexibility index (Phi) is 4.66. The van der Waals surface area contributed by atoms with Crippen LogP contribution in [0.1, 0.15) is 29.4 Å². The lowest BCUT2D eigenvalue weighted by molar-refractivity contribution is -0.114. The number of benzene rings is 1. The molecule has 3 heterocycles. The molecule has 0 saturated heterocycles. The van der Waals surface area contributed by atoms with E-state index in [-0.39, 0.29) is 11.4 Å². The Labute approximate surface area is 173 Å². The molecule has 1 aromatic heterocycles. The maximum Gasteiger partial charge on any atom is 0.283 e. The number of amides is 1. The number of hydrogen-bond acceptors (Lipinski definition) is 5. The van der Waals surface area contributed by atoms with E-state index in [9.17, 15) is 4.79 Å². The van der Waals surface area contributed by atoms with E-state index in [2.05, 4.69) is 20.7 Å². The summed E-state index contributed by atoms with van der Waals surface area (Å²) in [7, 11) is 1.65. The third kappa shape index (κ3) is 3.19. The fourth-order valence-corrected chi connectivity index (χ4v) is 4.26. The van der Waals surface area contributed by atoms with Gasteiger partial charge in [-0.1, -0.05) is 6.07 Å². The fourth-order valence-electron chi connectivity index (χ4n) is 3.52. The highest BCUT2D eigenvalue weighted by Crippen LogP contribution is 2.32. The minimum absolute atomic E-state index is 0.0438. The molecule has 0 atom stereocenters. The Bertz CT molecular complexity index is 1160. The summed E-state index contributed by atoms with van der Waals surface area (Å²) in [6.45, 7) is 7.86. The van der Waals surface area contributed by atoms with Gasteiger partial charge in [0.1, 0.15) is 5.75 Å². The van der Waals surface area contributed by atoms with Gasteiger partial charge in [-0.2, -0.15) is 15.1 Å². The van der Waals surface area contributed by atoms with E-state index < -0.39 is 5.91 Å². The molecule has 2 aromatic rings. The Balaban J connectivity index is 1.81. The largest absolute Gasteiger partial charge is 0.495 e. The maximum absolute atomic E-state index is 12.6. The quantitative estimate of drug-likeness (QED) is 0.778. The number of aromatic nitrogens is 1. The molecule has 8 heteroatoms. The van der Waals surface area contributed by atoms with Crippen molar-refractivity contribution in [2.45, 2.75) is 27.7 Å². The molecular formula is C21H21N5O2S. The van der Waals surface area contributed by atoms with Crippen LogP contribution in [0.4, 0.5) is 0 Å². The number of carbonyl (C=O) groups excluding carboxylic acids is 1. The lowest BCUT2D eigenvalue weighted by atomic mass is 10.1. The zero-order valence-corrected chi connectivity index (χ0v) is 17.7. The third-order valence-electron chi connectivity index (χ3n) is 4.90. The van der Waals surface area contributed by atoms with Crippen molar-refractivity contribution in [3.8, 4) is 11.4 Å². The molecule has 2 aliphatic rings. The minimum Gasteiger partial charge on any atom is -0.495 e. The normalized spacial score (nSPS) is 17.6. The molecule has 1 amide bonds. The molecule has 1 N–H and O–H groups in total. The van der Waals surface area contributed by atoms with Crippen LogP contribution in [0.3, 0.4) is 0 Å². The van der Waals surface area contributed by atoms with Crippen LogP contribution < -0.4 is 4.74 Å². The van der Waals surface area contributed by atoms with Gasteiger partial charge in [0.2, 0.25) is 5.17 Å². The van der Waals surface area contributed by atoms with Gasteiger partial charge in [-0.25, -0.2) is 0 Å². The number of aliphatic imine (C=N–C) groups is 1. The van der Waals surface area contributed by atoms with E-state index >= 15 is 0 Å². The maximum atomic E-state index is 12.6. The van der Waals surface area contributed by atoms with E-state index in [4.69, 9.17) is 10.1 Å². The molecule has 0 saturated carbocycles. The molecule has 0 unspecified atom stereocenters. The predicted molar refractivity (Wildman–Crippen MR) is 117 cm³/mol. The van der Waals surface area contributed by atoms with Crippen molar-refractivity contribution in [3.63, 3.8) is 0 Å². The molecule has 7 nitrogen and oxygen atoms in total. The summed E-state index contributed by atoms with van der Waals surface area (Å²) in [6, 6.07) is 8.02. The average molecular weight is 407 g/mol. The number of amidine groups is 2. The van der Waals surface area contributed by atoms with E-state index in [1.165, 1.54) is 16.8 Å². The molecule has 0 spiro atoms. The number of rotatable bonds is 3. The zero-order valence-electron chi connectivity index (χ0n) is 16.9. The Morgan fingerprint density at radius 2 is 1.93 bits per heavy atom. The standard InChI is InChI=1S/C21H21N5O2S/c1-11-6-7-18(28-5)17(8-11)25-12(2)9-15(13(25)3)10-16-19(22)26-21(23-20(16)27)29-14(4)24-26/h6-10,22H,1-5H3/b16-10+,22-19?. The minimum atomic E-state index is -0.420. The second-order valence-corrected chi connectivity index (χ2v) is 8.14. The predicted octanol–water partition coefficient (Wildman–Crippen LogP) is 4.05. The van der Waals surface area contributed by atoms with Crippen molar-refractivity contribution >= 4 is 39.8 Å². The molecule has 148 valence electrons. The van der Waals surface area contributed by atoms with Crippen LogP contribution in [-0.4, -0.2) is 38.6 Å². The molecule has 0 bridgehead atoms. The molecule has 0 aliphatic carbocycles. The number of nitrogens with one attached hydrogen (secondary N) is 1. The lowest BCUT2D eigenvalue weighted by Gasteiger charge is -2.20. The van der Waals surface area contributed by atoms with E-state index in [0.717, 1.165) is 39.0 Å². The van der Waals surface area contributed by atoms with Crippen molar-refractivity contribution < 1.29 is 9.53 Å². The van der Waals surface area contributed by atoms with Gasteiger partial charge in [0.15, 0.2) is 5.84 Å². The van der Waals surface area contributed by atoms with Crippen LogP contribution in [0, 0.1) is 26.2 Å². The van der Waals surface area contributed by atoms with Crippen LogP contribution in [0.5, 0.6) is 5.75 Å². The van der Waals surface area contributed by atoms with Gasteiger partial charge >= 0.3 is 0 Å². The SMILES string of the molecule is COc1ccc(C)cc1-n1c(C)cc(/C=C2\C(=N)N3N=C(C)SC3=NC2=O)c1C. The van der Waals surface area contributed by atoms with Gasteiger partial charge in [0.05, 0.1) is 23.4 Å². The summed E-state index contributed by atoms with van der Waals surface area (Å²) in [5.41, 5.74) is 5.09. The lowest BCUT2D eigenvalue weighted by Crippen LogP contribution is -2.35. The molecular weight excluding hydrogens is 386 g/mol. The Hall–Kier alpha value is -3.13. The van der Waals surface area contributed by atoms with Gasteiger partial charge in [-0.15, -0.1) is 0 Å². The van der Waals surface area contributed by atoms with Gasteiger partial charge in [0.25, 0.3) is 5.91 Å². The highest BCUT2D eigenvalue weighted by Gasteiger charge is 2.34. The number of thioether (sulfide) groups is 1. The first-order chi connectivity index (χ1) is 13.8. The molecule has 1 aromatic carbocycles. The highest BCUT2D eigenvalue weighted by molar-refractivity contribution is 8.26. The van der Waals surface area contributed by atoms with Crippen molar-refractivity contribution in [2.24, 2.45) is 10.1 Å². The number of nitrogens with zero attached hydrogens (tertiary/aromatic N) is 4. The first-order valence-electron chi connectivity index (χ1n) is 9.11. The zero-order chi connectivity index (χ0) is 20.9. The summed E-state index contributed by atoms with van der Waals surface area (Å²) in [5, 5.41) is 15.3. The number of carbonyl (C=O) groups is 1. The Morgan fingerprint density at radius 1 is 1.17 bits per heavy atom. The average Bonchev–Trinajstić information content (AvgIpc) is 3.17. The summed E-state index contributed by atoms with van der Waals surface area (Å²) in [6.07, 6.45) is 1.72. The van der Waals surface area contributed by atoms with Gasteiger partial charge < -0.3 is 9.30 Å². The first kappa shape index (κ1) is 19.2. The molecule has 0 radical (unpaired) electrons. The Morgan fingerprint density at radius 3 is 2.66 bits per heavy atom. The summed E-state index contributed by atoms with van der Waals surface area (Å²) >= 11 is 1.30. The second-order valence-electron chi connectivity index (χ2n) is 6.98. The highest BCUT2D eigenvalue weighted by atomic mass is 32.2. The van der Waals surface area contributed by atoms with Gasteiger partial charge in [-0.05, 0) is 74.9 Å². The molecule has 4 rings (SSSR count). The molecule has 2 aliphatic heterocycles. The smallest absolute Gasteiger partial charge is 0.283 e. The van der Waals surface area contributed by atoms with Crippen molar-refractivity contribution in [3.05, 3.63) is 52.4 Å². The van der Waals surface area contributed by atoms with Gasteiger partial charge in [-0.3, -0.25) is 10.2 Å². The second kappa shape index (κ2) is 7.04. The van der Waals surface area contributed by atoms with Crippen molar-refractivity contribution in [1.29, 1.82) is 5.41 Å². The van der Waals surface area contributed by atoms with E-state index in [1.54, 1.807) is 13.2 Å². The summed E-state index contributed by atoms with van der Waals surface area (Å²) in [5.74, 6) is 0.394. The summed E-state index contributed by atoms with van der Waals surface area (Å²) in [4.78, 5) is 16.7. The first-order valence-corrected chi connectivity index (χ1v) is 9.92. The van der Waals surface area contributed by atoms with Crippen molar-refractivity contribution in [1.82, 2.24) is 9.58 Å². The van der Waals surface area contributed by atoms with Crippen molar-refractivity contribution in [2.75, 3.05) is 7.11 Å². The van der Waals surface area contributed by atoms with Crippen LogP contribution in [0.15, 0.2) is 39.9 Å². The van der Waals surface area contributed by atoms with Crippen LogP contribution in [0.25, 0.3) is 11.8 Å². The third-order valence-corrected chi connectivity index (χ3v) is 5.72. The number of aryl methyl sites for hydroxylation is 2. The van der Waals surface area contributed by atoms with Gasteiger partial charge in [0, 0.05) is 11.4 Å². The topological polar surface area (TPSA) is 83.0 Å². The number of hydrogen-bond donors (Lipinski definition) is 1. The van der Waals surface area contributed by atoms with E-state index in [1.807, 2.05) is 45.9 Å².